The molecule has 0 aromatic heterocycles. The van der Waals surface area contributed by atoms with Gasteiger partial charge in [0.2, 0.25) is 0 Å². The van der Waals surface area contributed by atoms with Gasteiger partial charge in [-0.1, -0.05) is 23.8 Å². The van der Waals surface area contributed by atoms with Gasteiger partial charge in [-0.25, -0.2) is 0 Å². The van der Waals surface area contributed by atoms with Crippen molar-refractivity contribution < 1.29 is 5.11 Å². The van der Waals surface area contributed by atoms with E-state index in [4.69, 9.17) is 0 Å². The van der Waals surface area contributed by atoms with Crippen LogP contribution in [0.1, 0.15) is 36.5 Å². The first-order valence-corrected chi connectivity index (χ1v) is 6.43. The van der Waals surface area contributed by atoms with Crippen molar-refractivity contribution in [3.05, 3.63) is 34.9 Å². The van der Waals surface area contributed by atoms with Gasteiger partial charge in [-0.15, -0.1) is 0 Å². The highest BCUT2D eigenvalue weighted by molar-refractivity contribution is 5.35. The molecule has 2 rings (SSSR count). The van der Waals surface area contributed by atoms with Gasteiger partial charge >= 0.3 is 0 Å². The molecule has 1 aromatic rings. The minimum atomic E-state index is -0.637. The monoisotopic (exact) mass is 233 g/mol. The smallest absolute Gasteiger partial charge is 0.0926 e. The molecule has 2 atom stereocenters. The molecule has 2 nitrogen and oxygen atoms in total. The first-order valence-electron chi connectivity index (χ1n) is 6.43. The van der Waals surface area contributed by atoms with E-state index in [1.54, 1.807) is 0 Å². The van der Waals surface area contributed by atoms with Crippen LogP contribution in [0.3, 0.4) is 0 Å². The molecule has 2 heteroatoms. The molecule has 1 aliphatic heterocycles. The zero-order valence-corrected chi connectivity index (χ0v) is 11.3. The van der Waals surface area contributed by atoms with Crippen LogP contribution < -0.4 is 0 Å². The number of nitrogens with zero attached hydrogens (tertiary/aromatic N) is 1. The Balaban J connectivity index is 2.35. The van der Waals surface area contributed by atoms with Gasteiger partial charge in [0.25, 0.3) is 0 Å². The Morgan fingerprint density at radius 1 is 1.35 bits per heavy atom. The number of hydrogen-bond donors (Lipinski definition) is 1. The second-order valence-electron chi connectivity index (χ2n) is 5.63. The second-order valence-corrected chi connectivity index (χ2v) is 5.63. The Bertz CT molecular complexity index is 415. The van der Waals surface area contributed by atoms with Gasteiger partial charge in [-0.2, -0.15) is 0 Å². The van der Waals surface area contributed by atoms with Crippen LogP contribution in [-0.2, 0) is 5.60 Å². The van der Waals surface area contributed by atoms with Crippen LogP contribution in [0.15, 0.2) is 18.2 Å². The molecule has 2 unspecified atom stereocenters. The van der Waals surface area contributed by atoms with E-state index in [2.05, 4.69) is 50.9 Å². The van der Waals surface area contributed by atoms with Gasteiger partial charge in [0, 0.05) is 12.6 Å². The Morgan fingerprint density at radius 3 is 2.71 bits per heavy atom. The molecule has 1 N–H and O–H groups in total. The maximum absolute atomic E-state index is 10.9. The Labute approximate surface area is 104 Å². The van der Waals surface area contributed by atoms with Crippen molar-refractivity contribution in [2.45, 2.75) is 45.3 Å². The molecule has 1 aliphatic rings. The molecular weight excluding hydrogens is 210 g/mol. The van der Waals surface area contributed by atoms with E-state index in [1.165, 1.54) is 11.1 Å². The molecule has 17 heavy (non-hydrogen) atoms. The molecule has 1 aromatic carbocycles. The van der Waals surface area contributed by atoms with Gasteiger partial charge < -0.3 is 10.0 Å². The Hall–Kier alpha value is -0.860. The highest BCUT2D eigenvalue weighted by Crippen LogP contribution is 2.37. The van der Waals surface area contributed by atoms with Crippen molar-refractivity contribution in [2.75, 3.05) is 13.6 Å². The second kappa shape index (κ2) is 4.43. The van der Waals surface area contributed by atoms with Crippen molar-refractivity contribution in [3.63, 3.8) is 0 Å². The van der Waals surface area contributed by atoms with Crippen LogP contribution in [0.5, 0.6) is 0 Å². The lowest BCUT2D eigenvalue weighted by Crippen LogP contribution is -2.46. The molecule has 0 aliphatic carbocycles. The highest BCUT2D eigenvalue weighted by Gasteiger charge is 2.37. The van der Waals surface area contributed by atoms with Crippen LogP contribution in [0.25, 0.3) is 0 Å². The largest absolute Gasteiger partial charge is 0.385 e. The van der Waals surface area contributed by atoms with E-state index in [1.807, 2.05) is 0 Å². The fraction of sp³-hybridized carbons (Fsp3) is 0.600. The van der Waals surface area contributed by atoms with Crippen molar-refractivity contribution in [3.8, 4) is 0 Å². The lowest BCUT2D eigenvalue weighted by molar-refractivity contribution is -0.0413. The number of benzene rings is 1. The minimum Gasteiger partial charge on any atom is -0.385 e. The van der Waals surface area contributed by atoms with E-state index in [0.717, 1.165) is 24.9 Å². The van der Waals surface area contributed by atoms with E-state index >= 15 is 0 Å². The maximum Gasteiger partial charge on any atom is 0.0926 e. The molecule has 1 saturated heterocycles. The summed E-state index contributed by atoms with van der Waals surface area (Å²) in [5.74, 6) is 0. The third kappa shape index (κ3) is 2.38. The standard InChI is InChI=1S/C15H23NO/c1-11-5-6-12(2)14(9-11)15(17)7-8-16(4)13(3)10-15/h5-6,9,13,17H,7-8,10H2,1-4H3. The van der Waals surface area contributed by atoms with Crippen LogP contribution in [0.4, 0.5) is 0 Å². The Morgan fingerprint density at radius 2 is 2.06 bits per heavy atom. The van der Waals surface area contributed by atoms with Crippen molar-refractivity contribution >= 4 is 0 Å². The van der Waals surface area contributed by atoms with Gasteiger partial charge in [0.05, 0.1) is 5.60 Å². The van der Waals surface area contributed by atoms with Crippen LogP contribution in [0.2, 0.25) is 0 Å². The summed E-state index contributed by atoms with van der Waals surface area (Å²) in [6.07, 6.45) is 1.66. The quantitative estimate of drug-likeness (QED) is 0.806. The maximum atomic E-state index is 10.9. The normalized spacial score (nSPS) is 30.5. The number of piperidine rings is 1. The molecule has 1 fully saturated rings. The van der Waals surface area contributed by atoms with Crippen LogP contribution in [0, 0.1) is 13.8 Å². The Kier molecular flexibility index (Phi) is 3.28. The van der Waals surface area contributed by atoms with E-state index in [9.17, 15) is 5.11 Å². The average molecular weight is 233 g/mol. The first kappa shape index (κ1) is 12.6. The van der Waals surface area contributed by atoms with Gasteiger partial charge in [0.1, 0.15) is 0 Å². The summed E-state index contributed by atoms with van der Waals surface area (Å²) >= 11 is 0. The summed E-state index contributed by atoms with van der Waals surface area (Å²) in [6.45, 7) is 7.33. The summed E-state index contributed by atoms with van der Waals surface area (Å²) < 4.78 is 0. The lowest BCUT2D eigenvalue weighted by Gasteiger charge is -2.42. The van der Waals surface area contributed by atoms with Crippen LogP contribution in [-0.4, -0.2) is 29.6 Å². The zero-order chi connectivity index (χ0) is 12.6. The lowest BCUT2D eigenvalue weighted by atomic mass is 9.79. The molecule has 0 saturated carbocycles. The fourth-order valence-corrected chi connectivity index (χ4v) is 2.81. The number of hydrogen-bond acceptors (Lipinski definition) is 2. The van der Waals surface area contributed by atoms with Gasteiger partial charge in [-0.05, 0) is 51.8 Å². The van der Waals surface area contributed by atoms with Gasteiger partial charge in [0.15, 0.2) is 0 Å². The number of aryl methyl sites for hydroxylation is 2. The number of likely N-dealkylation sites (tertiary alicyclic amines) is 1. The summed E-state index contributed by atoms with van der Waals surface area (Å²) in [6, 6.07) is 6.81. The minimum absolute atomic E-state index is 0.439. The van der Waals surface area contributed by atoms with Gasteiger partial charge in [-0.3, -0.25) is 0 Å². The summed E-state index contributed by atoms with van der Waals surface area (Å²) in [4.78, 5) is 2.32. The summed E-state index contributed by atoms with van der Waals surface area (Å²) in [7, 11) is 2.13. The first-order chi connectivity index (χ1) is 7.92. The van der Waals surface area contributed by atoms with Crippen molar-refractivity contribution in [2.24, 2.45) is 0 Å². The van der Waals surface area contributed by atoms with E-state index in [0.29, 0.717) is 6.04 Å². The predicted octanol–water partition coefficient (Wildman–Crippen LogP) is 2.61. The molecule has 0 bridgehead atoms. The molecule has 0 amide bonds. The topological polar surface area (TPSA) is 23.5 Å². The van der Waals surface area contributed by atoms with E-state index < -0.39 is 5.60 Å². The number of aliphatic hydroxyl groups is 1. The molecular formula is C15H23NO. The third-order valence-electron chi connectivity index (χ3n) is 4.16. The summed E-state index contributed by atoms with van der Waals surface area (Å²) in [5.41, 5.74) is 2.92. The van der Waals surface area contributed by atoms with E-state index in [-0.39, 0.29) is 0 Å². The predicted molar refractivity (Wildman–Crippen MR) is 71.1 cm³/mol. The van der Waals surface area contributed by atoms with Crippen molar-refractivity contribution in [1.82, 2.24) is 4.90 Å². The molecule has 0 spiro atoms. The fourth-order valence-electron chi connectivity index (χ4n) is 2.81. The third-order valence-corrected chi connectivity index (χ3v) is 4.16. The average Bonchev–Trinajstić information content (AvgIpc) is 2.27. The SMILES string of the molecule is Cc1ccc(C)c(C2(O)CCN(C)C(C)C2)c1. The number of rotatable bonds is 1. The molecule has 94 valence electrons. The molecule has 0 radical (unpaired) electrons. The van der Waals surface area contributed by atoms with Crippen molar-refractivity contribution in [1.29, 1.82) is 0 Å². The zero-order valence-electron chi connectivity index (χ0n) is 11.3. The summed E-state index contributed by atoms with van der Waals surface area (Å²) in [5, 5.41) is 10.9. The van der Waals surface area contributed by atoms with Crippen LogP contribution >= 0.6 is 0 Å². The molecule has 1 heterocycles. The highest BCUT2D eigenvalue weighted by atomic mass is 16.3.